The van der Waals surface area contributed by atoms with Crippen LogP contribution in [0.15, 0.2) is 41.5 Å². The van der Waals surface area contributed by atoms with Gasteiger partial charge in [-0.1, -0.05) is 0 Å². The Hall–Kier alpha value is -1.77. The van der Waals surface area contributed by atoms with Gasteiger partial charge in [0.1, 0.15) is 0 Å². The molecule has 3 heteroatoms. The van der Waals surface area contributed by atoms with E-state index in [-0.39, 0.29) is 5.56 Å². The Morgan fingerprint density at radius 1 is 1.31 bits per heavy atom. The van der Waals surface area contributed by atoms with Gasteiger partial charge in [0.25, 0.3) is 5.56 Å². The average molecular weight is 174 g/mol. The third-order valence-corrected chi connectivity index (χ3v) is 2.04. The van der Waals surface area contributed by atoms with Gasteiger partial charge in [-0.3, -0.25) is 4.79 Å². The molecule has 2 aromatic heterocycles. The van der Waals surface area contributed by atoms with E-state index in [1.54, 1.807) is 6.20 Å². The average Bonchev–Trinajstić information content (AvgIpc) is 2.52. The highest BCUT2D eigenvalue weighted by Crippen LogP contribution is 2.13. The number of H-pyrrole nitrogens is 1. The number of nitrogens with one attached hydrogen (secondary N) is 1. The molecule has 0 unspecified atom stereocenters. The molecule has 2 rings (SSSR count). The minimum atomic E-state index is -0.0516. The standard InChI is InChI=1S/C10H10N2O/c1-12-7-3-5-9(12)8-4-2-6-11-10(8)13/h2-7H,1H3,(H,11,13). The summed E-state index contributed by atoms with van der Waals surface area (Å²) in [5.41, 5.74) is 1.58. The topological polar surface area (TPSA) is 37.8 Å². The first-order valence-electron chi connectivity index (χ1n) is 4.08. The lowest BCUT2D eigenvalue weighted by Crippen LogP contribution is -2.08. The van der Waals surface area contributed by atoms with Crippen molar-refractivity contribution in [2.45, 2.75) is 0 Å². The summed E-state index contributed by atoms with van der Waals surface area (Å²) in [6, 6.07) is 7.48. The van der Waals surface area contributed by atoms with E-state index < -0.39 is 0 Å². The van der Waals surface area contributed by atoms with Crippen molar-refractivity contribution in [2.75, 3.05) is 0 Å². The number of pyridine rings is 1. The lowest BCUT2D eigenvalue weighted by Gasteiger charge is -2.00. The molecule has 0 aliphatic rings. The van der Waals surface area contributed by atoms with E-state index in [1.807, 2.05) is 42.1 Å². The highest BCUT2D eigenvalue weighted by atomic mass is 16.1. The van der Waals surface area contributed by atoms with Crippen molar-refractivity contribution in [1.82, 2.24) is 9.55 Å². The van der Waals surface area contributed by atoms with Gasteiger partial charge < -0.3 is 9.55 Å². The maximum Gasteiger partial charge on any atom is 0.257 e. The third-order valence-electron chi connectivity index (χ3n) is 2.04. The number of aryl methyl sites for hydroxylation is 1. The summed E-state index contributed by atoms with van der Waals surface area (Å²) in [6.45, 7) is 0. The quantitative estimate of drug-likeness (QED) is 0.696. The second-order valence-corrected chi connectivity index (χ2v) is 2.92. The zero-order chi connectivity index (χ0) is 9.26. The van der Waals surface area contributed by atoms with Gasteiger partial charge >= 0.3 is 0 Å². The SMILES string of the molecule is Cn1cccc1-c1ccc[nH]c1=O. The smallest absolute Gasteiger partial charge is 0.257 e. The van der Waals surface area contributed by atoms with Gasteiger partial charge in [-0.2, -0.15) is 0 Å². The normalized spacial score (nSPS) is 10.2. The Kier molecular flexibility index (Phi) is 1.77. The second kappa shape index (κ2) is 2.94. The number of aromatic nitrogens is 2. The summed E-state index contributed by atoms with van der Waals surface area (Å²) >= 11 is 0. The molecule has 0 aliphatic heterocycles. The molecule has 0 radical (unpaired) electrons. The first-order valence-corrected chi connectivity index (χ1v) is 4.08. The van der Waals surface area contributed by atoms with Gasteiger partial charge in [-0.15, -0.1) is 0 Å². The van der Waals surface area contributed by atoms with Crippen molar-refractivity contribution >= 4 is 0 Å². The maximum atomic E-state index is 11.4. The van der Waals surface area contributed by atoms with Gasteiger partial charge in [0.2, 0.25) is 0 Å². The van der Waals surface area contributed by atoms with Crippen molar-refractivity contribution in [2.24, 2.45) is 7.05 Å². The van der Waals surface area contributed by atoms with E-state index in [0.29, 0.717) is 5.56 Å². The molecule has 0 saturated carbocycles. The molecular formula is C10H10N2O. The molecule has 3 nitrogen and oxygen atoms in total. The van der Waals surface area contributed by atoms with Crippen molar-refractivity contribution in [1.29, 1.82) is 0 Å². The molecule has 0 spiro atoms. The van der Waals surface area contributed by atoms with Gasteiger partial charge in [-0.25, -0.2) is 0 Å². The van der Waals surface area contributed by atoms with Crippen LogP contribution in [0.5, 0.6) is 0 Å². The third kappa shape index (κ3) is 1.28. The minimum Gasteiger partial charge on any atom is -0.350 e. The van der Waals surface area contributed by atoms with Crippen LogP contribution < -0.4 is 5.56 Å². The molecule has 0 bridgehead atoms. The molecule has 13 heavy (non-hydrogen) atoms. The van der Waals surface area contributed by atoms with Crippen LogP contribution >= 0.6 is 0 Å². The molecule has 0 saturated heterocycles. The molecule has 1 N–H and O–H groups in total. The predicted octanol–water partition coefficient (Wildman–Crippen LogP) is 1.38. The monoisotopic (exact) mass is 174 g/mol. The van der Waals surface area contributed by atoms with Gasteiger partial charge in [0, 0.05) is 19.4 Å². The van der Waals surface area contributed by atoms with Crippen molar-refractivity contribution in [3.63, 3.8) is 0 Å². The van der Waals surface area contributed by atoms with Crippen molar-refractivity contribution in [3.05, 3.63) is 47.0 Å². The fourth-order valence-corrected chi connectivity index (χ4v) is 1.36. The van der Waals surface area contributed by atoms with E-state index >= 15 is 0 Å². The Labute approximate surface area is 75.7 Å². The van der Waals surface area contributed by atoms with Gasteiger partial charge in [-0.05, 0) is 24.3 Å². The molecule has 0 amide bonds. The van der Waals surface area contributed by atoms with E-state index in [2.05, 4.69) is 4.98 Å². The Morgan fingerprint density at radius 3 is 2.77 bits per heavy atom. The molecular weight excluding hydrogens is 164 g/mol. The summed E-state index contributed by atoms with van der Waals surface area (Å²) in [6.07, 6.45) is 3.55. The number of aromatic amines is 1. The van der Waals surface area contributed by atoms with Gasteiger partial charge in [0.15, 0.2) is 0 Å². The number of nitrogens with zero attached hydrogens (tertiary/aromatic N) is 1. The van der Waals surface area contributed by atoms with E-state index in [9.17, 15) is 4.79 Å². The summed E-state index contributed by atoms with van der Waals surface area (Å²) < 4.78 is 1.92. The van der Waals surface area contributed by atoms with Crippen LogP contribution in [0.4, 0.5) is 0 Å². The van der Waals surface area contributed by atoms with Crippen LogP contribution in [0.1, 0.15) is 0 Å². The van der Waals surface area contributed by atoms with Crippen LogP contribution in [-0.2, 0) is 7.05 Å². The van der Waals surface area contributed by atoms with Gasteiger partial charge in [0.05, 0.1) is 11.3 Å². The van der Waals surface area contributed by atoms with Crippen LogP contribution in [0.2, 0.25) is 0 Å². The fraction of sp³-hybridized carbons (Fsp3) is 0.100. The highest BCUT2D eigenvalue weighted by molar-refractivity contribution is 5.58. The minimum absolute atomic E-state index is 0.0516. The van der Waals surface area contributed by atoms with E-state index in [0.717, 1.165) is 5.69 Å². The van der Waals surface area contributed by atoms with Crippen molar-refractivity contribution in [3.8, 4) is 11.3 Å². The number of hydrogen-bond donors (Lipinski definition) is 1. The summed E-state index contributed by atoms with van der Waals surface area (Å²) in [4.78, 5) is 14.0. The molecule has 66 valence electrons. The Morgan fingerprint density at radius 2 is 2.15 bits per heavy atom. The largest absolute Gasteiger partial charge is 0.350 e. The number of hydrogen-bond acceptors (Lipinski definition) is 1. The van der Waals surface area contributed by atoms with Crippen LogP contribution in [-0.4, -0.2) is 9.55 Å². The van der Waals surface area contributed by atoms with Crippen LogP contribution in [0.3, 0.4) is 0 Å². The molecule has 0 fully saturated rings. The molecule has 2 heterocycles. The van der Waals surface area contributed by atoms with Crippen molar-refractivity contribution < 1.29 is 0 Å². The highest BCUT2D eigenvalue weighted by Gasteiger charge is 2.03. The second-order valence-electron chi connectivity index (χ2n) is 2.92. The zero-order valence-electron chi connectivity index (χ0n) is 7.32. The Balaban J connectivity index is 2.66. The molecule has 0 atom stereocenters. The molecule has 0 aromatic carbocycles. The number of rotatable bonds is 1. The lowest BCUT2D eigenvalue weighted by molar-refractivity contribution is 0.934. The Bertz CT molecular complexity index is 468. The predicted molar refractivity (Wildman–Crippen MR) is 51.5 cm³/mol. The van der Waals surface area contributed by atoms with E-state index in [1.165, 1.54) is 0 Å². The fourth-order valence-electron chi connectivity index (χ4n) is 1.36. The summed E-state index contributed by atoms with van der Waals surface area (Å²) in [5, 5.41) is 0. The lowest BCUT2D eigenvalue weighted by atomic mass is 10.2. The van der Waals surface area contributed by atoms with Crippen LogP contribution in [0, 0.1) is 0 Å². The maximum absolute atomic E-state index is 11.4. The van der Waals surface area contributed by atoms with E-state index in [4.69, 9.17) is 0 Å². The van der Waals surface area contributed by atoms with Crippen LogP contribution in [0.25, 0.3) is 11.3 Å². The first kappa shape index (κ1) is 7.86. The molecule has 0 aliphatic carbocycles. The summed E-state index contributed by atoms with van der Waals surface area (Å²) in [5.74, 6) is 0. The zero-order valence-corrected chi connectivity index (χ0v) is 7.32. The first-order chi connectivity index (χ1) is 6.29. The molecule has 2 aromatic rings. The summed E-state index contributed by atoms with van der Waals surface area (Å²) in [7, 11) is 1.92.